The van der Waals surface area contributed by atoms with E-state index in [1.165, 1.54) is 12.1 Å². The summed E-state index contributed by atoms with van der Waals surface area (Å²) in [5.74, 6) is 0.333. The van der Waals surface area contributed by atoms with Crippen LogP contribution < -0.4 is 4.74 Å². The zero-order valence-electron chi connectivity index (χ0n) is 12.4. The van der Waals surface area contributed by atoms with E-state index in [2.05, 4.69) is 9.88 Å². The molecule has 5 heteroatoms. The van der Waals surface area contributed by atoms with Gasteiger partial charge >= 0.3 is 0 Å². The summed E-state index contributed by atoms with van der Waals surface area (Å²) in [6, 6.07) is 10.4. The third-order valence-electron chi connectivity index (χ3n) is 4.03. The van der Waals surface area contributed by atoms with E-state index in [1.807, 2.05) is 18.2 Å². The molecule has 1 aliphatic rings. The summed E-state index contributed by atoms with van der Waals surface area (Å²) in [7, 11) is 1.59. The molecule has 4 nitrogen and oxygen atoms in total. The van der Waals surface area contributed by atoms with Gasteiger partial charge in [0.25, 0.3) is 0 Å². The van der Waals surface area contributed by atoms with Crippen LogP contribution in [0.15, 0.2) is 42.6 Å². The van der Waals surface area contributed by atoms with Crippen LogP contribution in [0.25, 0.3) is 0 Å². The molecule has 0 radical (unpaired) electrons. The van der Waals surface area contributed by atoms with Crippen molar-refractivity contribution in [1.29, 1.82) is 0 Å². The molecule has 22 heavy (non-hydrogen) atoms. The van der Waals surface area contributed by atoms with Gasteiger partial charge in [0.2, 0.25) is 5.88 Å². The zero-order valence-corrected chi connectivity index (χ0v) is 12.4. The number of rotatable bonds is 4. The lowest BCUT2D eigenvalue weighted by atomic mass is 10.0. The minimum Gasteiger partial charge on any atom is -0.481 e. The Morgan fingerprint density at radius 1 is 1.36 bits per heavy atom. The molecule has 0 saturated carbocycles. The van der Waals surface area contributed by atoms with Crippen molar-refractivity contribution in [2.75, 3.05) is 13.7 Å². The quantitative estimate of drug-likeness (QED) is 0.943. The number of nitrogens with zero attached hydrogens (tertiary/aromatic N) is 2. The first-order chi connectivity index (χ1) is 10.7. The Kier molecular flexibility index (Phi) is 4.36. The summed E-state index contributed by atoms with van der Waals surface area (Å²) >= 11 is 0. The maximum atomic E-state index is 13.5. The van der Waals surface area contributed by atoms with Crippen molar-refractivity contribution in [3.8, 4) is 5.88 Å². The largest absolute Gasteiger partial charge is 0.481 e. The van der Waals surface area contributed by atoms with Crippen LogP contribution in [0.4, 0.5) is 4.39 Å². The van der Waals surface area contributed by atoms with E-state index in [4.69, 9.17) is 4.74 Å². The fraction of sp³-hybridized carbons (Fsp3) is 0.353. The van der Waals surface area contributed by atoms with Gasteiger partial charge in [-0.2, -0.15) is 0 Å². The number of ether oxygens (including phenoxy) is 1. The van der Waals surface area contributed by atoms with Gasteiger partial charge in [-0.1, -0.05) is 18.2 Å². The Labute approximate surface area is 129 Å². The van der Waals surface area contributed by atoms with Crippen LogP contribution in [0.2, 0.25) is 0 Å². The second-order valence-corrected chi connectivity index (χ2v) is 5.56. The van der Waals surface area contributed by atoms with Crippen LogP contribution in [0.3, 0.4) is 0 Å². The third kappa shape index (κ3) is 3.10. The van der Waals surface area contributed by atoms with Gasteiger partial charge in [0.05, 0.1) is 13.2 Å². The van der Waals surface area contributed by atoms with Crippen LogP contribution in [0, 0.1) is 5.82 Å². The lowest BCUT2D eigenvalue weighted by Crippen LogP contribution is -2.24. The van der Waals surface area contributed by atoms with E-state index in [0.717, 1.165) is 11.1 Å². The first-order valence-electron chi connectivity index (χ1n) is 7.33. The Hall–Kier alpha value is -1.98. The highest BCUT2D eigenvalue weighted by Gasteiger charge is 2.32. The Bertz CT molecular complexity index is 650. The van der Waals surface area contributed by atoms with Crippen molar-refractivity contribution >= 4 is 0 Å². The molecular weight excluding hydrogens is 283 g/mol. The second-order valence-electron chi connectivity index (χ2n) is 5.56. The summed E-state index contributed by atoms with van der Waals surface area (Å²) in [6.45, 7) is 1.16. The minimum atomic E-state index is -0.407. The number of halogens is 1. The minimum absolute atomic E-state index is 0.00406. The van der Waals surface area contributed by atoms with Crippen molar-refractivity contribution in [3.05, 3.63) is 59.5 Å². The first kappa shape index (κ1) is 14.9. The highest BCUT2D eigenvalue weighted by molar-refractivity contribution is 5.27. The predicted octanol–water partition coefficient (Wildman–Crippen LogP) is 2.54. The van der Waals surface area contributed by atoms with Crippen LogP contribution in [-0.4, -0.2) is 34.7 Å². The molecule has 1 aliphatic heterocycles. The fourth-order valence-electron chi connectivity index (χ4n) is 3.06. The van der Waals surface area contributed by atoms with Gasteiger partial charge in [0.15, 0.2) is 0 Å². The molecule has 1 N–H and O–H groups in total. The molecule has 2 heterocycles. The number of hydrogen-bond acceptors (Lipinski definition) is 4. The lowest BCUT2D eigenvalue weighted by molar-refractivity contribution is 0.172. The molecule has 116 valence electrons. The maximum Gasteiger partial charge on any atom is 0.217 e. The molecule has 0 bridgehead atoms. The number of β-amino-alcohol motifs (C(OH)–C–C–N with tert-alkyl or cyclic N) is 1. The van der Waals surface area contributed by atoms with Crippen LogP contribution in [0.1, 0.15) is 23.6 Å². The average Bonchev–Trinajstić information content (AvgIpc) is 2.88. The molecule has 0 spiro atoms. The topological polar surface area (TPSA) is 45.6 Å². The molecule has 1 aromatic carbocycles. The average molecular weight is 302 g/mol. The molecule has 1 aromatic heterocycles. The van der Waals surface area contributed by atoms with Crippen molar-refractivity contribution < 1.29 is 14.2 Å². The van der Waals surface area contributed by atoms with Crippen molar-refractivity contribution in [2.24, 2.45) is 0 Å². The van der Waals surface area contributed by atoms with Gasteiger partial charge in [0.1, 0.15) is 5.82 Å². The Balaban J connectivity index is 1.85. The number of methoxy groups -OCH3 is 1. The van der Waals surface area contributed by atoms with E-state index in [1.54, 1.807) is 19.4 Å². The third-order valence-corrected chi connectivity index (χ3v) is 4.03. The highest BCUT2D eigenvalue weighted by Crippen LogP contribution is 2.34. The molecule has 2 atom stereocenters. The normalized spacial score (nSPS) is 22.0. The summed E-state index contributed by atoms with van der Waals surface area (Å²) in [5, 5.41) is 10.0. The maximum absolute atomic E-state index is 13.5. The van der Waals surface area contributed by atoms with E-state index in [-0.39, 0.29) is 11.9 Å². The van der Waals surface area contributed by atoms with Gasteiger partial charge < -0.3 is 9.84 Å². The predicted molar refractivity (Wildman–Crippen MR) is 81.0 cm³/mol. The number of benzene rings is 1. The van der Waals surface area contributed by atoms with Crippen molar-refractivity contribution in [3.63, 3.8) is 0 Å². The summed E-state index contributed by atoms with van der Waals surface area (Å²) in [5.41, 5.74) is 1.85. The summed E-state index contributed by atoms with van der Waals surface area (Å²) < 4.78 is 18.8. The number of pyridine rings is 1. The molecular formula is C17H19FN2O2. The monoisotopic (exact) mass is 302 g/mol. The van der Waals surface area contributed by atoms with Gasteiger partial charge in [-0.3, -0.25) is 4.90 Å². The van der Waals surface area contributed by atoms with Crippen molar-refractivity contribution in [1.82, 2.24) is 9.88 Å². The Morgan fingerprint density at radius 2 is 2.23 bits per heavy atom. The van der Waals surface area contributed by atoms with E-state index >= 15 is 0 Å². The summed E-state index contributed by atoms with van der Waals surface area (Å²) in [4.78, 5) is 6.34. The number of aromatic nitrogens is 1. The molecule has 0 amide bonds. The van der Waals surface area contributed by atoms with Crippen LogP contribution >= 0.6 is 0 Å². The van der Waals surface area contributed by atoms with Crippen LogP contribution in [0.5, 0.6) is 5.88 Å². The van der Waals surface area contributed by atoms with Gasteiger partial charge in [-0.15, -0.1) is 0 Å². The SMILES string of the molecule is COc1ncccc1CN1C[C@@H](O)C[C@@H]1c1cccc(F)c1. The number of aliphatic hydroxyl groups is 1. The second kappa shape index (κ2) is 6.42. The number of hydrogen-bond donors (Lipinski definition) is 1. The summed E-state index contributed by atoms with van der Waals surface area (Å²) in [6.07, 6.45) is 1.88. The van der Waals surface area contributed by atoms with Gasteiger partial charge in [-0.05, 0) is 30.2 Å². The number of likely N-dealkylation sites (tertiary alicyclic amines) is 1. The van der Waals surface area contributed by atoms with E-state index in [0.29, 0.717) is 25.4 Å². The number of aliphatic hydroxyl groups excluding tert-OH is 1. The van der Waals surface area contributed by atoms with Gasteiger partial charge in [0, 0.05) is 30.9 Å². The zero-order chi connectivity index (χ0) is 15.5. The molecule has 1 saturated heterocycles. The highest BCUT2D eigenvalue weighted by atomic mass is 19.1. The molecule has 3 rings (SSSR count). The molecule has 2 aromatic rings. The van der Waals surface area contributed by atoms with Gasteiger partial charge in [-0.25, -0.2) is 9.37 Å². The van der Waals surface area contributed by atoms with E-state index < -0.39 is 6.10 Å². The van der Waals surface area contributed by atoms with E-state index in [9.17, 15) is 9.50 Å². The Morgan fingerprint density at radius 3 is 3.00 bits per heavy atom. The van der Waals surface area contributed by atoms with Crippen molar-refractivity contribution in [2.45, 2.75) is 25.1 Å². The van der Waals surface area contributed by atoms with Crippen LogP contribution in [-0.2, 0) is 6.54 Å². The smallest absolute Gasteiger partial charge is 0.217 e. The lowest BCUT2D eigenvalue weighted by Gasteiger charge is -2.25. The molecule has 0 unspecified atom stereocenters. The molecule has 1 fully saturated rings. The standard InChI is InChI=1S/C17H19FN2O2/c1-22-17-13(5-3-7-19-17)10-20-11-15(21)9-16(20)12-4-2-6-14(18)8-12/h2-8,15-16,21H,9-11H2,1H3/t15-,16+/m0/s1. The first-order valence-corrected chi connectivity index (χ1v) is 7.33. The molecule has 0 aliphatic carbocycles. The fourth-order valence-corrected chi connectivity index (χ4v) is 3.06.